The quantitative estimate of drug-likeness (QED) is 0.339. The van der Waals surface area contributed by atoms with Gasteiger partial charge in [0, 0.05) is 17.4 Å². The maximum Gasteiger partial charge on any atom is 0.416 e. The second-order valence-corrected chi connectivity index (χ2v) is 11.8. The topological polar surface area (TPSA) is 17.1 Å². The molecule has 0 radical (unpaired) electrons. The molecule has 0 bridgehead atoms. The number of carbonyl (C=O) groups excluding carboxylic acids is 1. The van der Waals surface area contributed by atoms with E-state index >= 15 is 4.39 Å². The monoisotopic (exact) mass is 464 g/mol. The van der Waals surface area contributed by atoms with Gasteiger partial charge in [-0.15, -0.1) is 0 Å². The standard InChI is InChI=1S/C27H34F4NO/c1-25-13-6-9-20(25)18-10-11-23-26(2,21(18)12-14-25)15-22(28)24(33)32(23,3)16-17-7-4-5-8-19(17)27(29,30)31/h4-5,7-8,15,18,20-21,23H,6,9-14,16H2,1-3H3/q+1/t18-,20-,21-,23+,25-,26+,32?/m0/s1. The van der Waals surface area contributed by atoms with Crippen molar-refractivity contribution in [1.29, 1.82) is 0 Å². The van der Waals surface area contributed by atoms with E-state index < -0.39 is 28.9 Å². The van der Waals surface area contributed by atoms with E-state index in [4.69, 9.17) is 0 Å². The molecule has 6 heteroatoms. The van der Waals surface area contributed by atoms with Crippen molar-refractivity contribution in [2.24, 2.45) is 28.6 Å². The van der Waals surface area contributed by atoms with Crippen molar-refractivity contribution in [2.75, 3.05) is 7.05 Å². The minimum atomic E-state index is -4.51. The molecule has 1 unspecified atom stereocenters. The van der Waals surface area contributed by atoms with Gasteiger partial charge in [0.15, 0.2) is 0 Å². The molecule has 2 nitrogen and oxygen atoms in total. The molecule has 1 aliphatic heterocycles. The Balaban J connectivity index is 1.55. The van der Waals surface area contributed by atoms with E-state index in [9.17, 15) is 18.0 Å². The molecule has 1 aromatic rings. The van der Waals surface area contributed by atoms with Gasteiger partial charge in [-0.05, 0) is 74.3 Å². The molecule has 180 valence electrons. The lowest BCUT2D eigenvalue weighted by Gasteiger charge is -2.60. The van der Waals surface area contributed by atoms with Gasteiger partial charge in [0.2, 0.25) is 5.83 Å². The van der Waals surface area contributed by atoms with Gasteiger partial charge in [-0.2, -0.15) is 17.6 Å². The van der Waals surface area contributed by atoms with Crippen LogP contribution in [0.25, 0.3) is 0 Å². The van der Waals surface area contributed by atoms with Crippen molar-refractivity contribution >= 4 is 5.91 Å². The summed E-state index contributed by atoms with van der Waals surface area (Å²) >= 11 is 0. The molecule has 3 saturated carbocycles. The average molecular weight is 465 g/mol. The van der Waals surface area contributed by atoms with E-state index in [1.807, 2.05) is 0 Å². The van der Waals surface area contributed by atoms with Crippen LogP contribution in [0.1, 0.15) is 69.9 Å². The minimum Gasteiger partial charge on any atom is -0.250 e. The number of quaternary nitrogens is 1. The van der Waals surface area contributed by atoms with Crippen molar-refractivity contribution in [2.45, 2.75) is 77.6 Å². The first-order chi connectivity index (χ1) is 15.4. The van der Waals surface area contributed by atoms with Gasteiger partial charge < -0.3 is 0 Å². The Morgan fingerprint density at radius 3 is 2.48 bits per heavy atom. The fraction of sp³-hybridized carbons (Fsp3) is 0.667. The summed E-state index contributed by atoms with van der Waals surface area (Å²) in [5, 5.41) is 0. The van der Waals surface area contributed by atoms with Crippen LogP contribution in [-0.2, 0) is 17.5 Å². The largest absolute Gasteiger partial charge is 0.416 e. The lowest BCUT2D eigenvalue weighted by Crippen LogP contribution is -2.68. The molecule has 3 fully saturated rings. The Morgan fingerprint density at radius 1 is 1.03 bits per heavy atom. The number of hydrogen-bond acceptors (Lipinski definition) is 1. The number of amides is 1. The van der Waals surface area contributed by atoms with Crippen LogP contribution in [-0.4, -0.2) is 23.5 Å². The first-order valence-electron chi connectivity index (χ1n) is 12.3. The SMILES string of the molecule is C[C@@]12CCC[C@H]1[C@@H]1CC[C@@H]3[C@](C)(C=C(F)C(=O)[N+]3(C)Cc3ccccc3C(F)(F)F)[C@H]1CC2. The molecule has 1 amide bonds. The number of alkyl halides is 3. The molecular weight excluding hydrogens is 430 g/mol. The molecular formula is C27H34F4NO+. The molecule has 1 heterocycles. The number of halogens is 4. The van der Waals surface area contributed by atoms with E-state index in [1.165, 1.54) is 31.4 Å². The van der Waals surface area contributed by atoms with Crippen molar-refractivity contribution in [3.05, 3.63) is 47.3 Å². The van der Waals surface area contributed by atoms with Crippen LogP contribution in [0.15, 0.2) is 36.2 Å². The van der Waals surface area contributed by atoms with Crippen LogP contribution in [0.5, 0.6) is 0 Å². The first-order valence-corrected chi connectivity index (χ1v) is 12.3. The fourth-order valence-corrected chi connectivity index (χ4v) is 8.66. The predicted molar refractivity (Wildman–Crippen MR) is 118 cm³/mol. The van der Waals surface area contributed by atoms with E-state index in [2.05, 4.69) is 13.8 Å². The molecule has 0 N–H and O–H groups in total. The Labute approximate surface area is 193 Å². The Hall–Kier alpha value is -1.69. The molecule has 33 heavy (non-hydrogen) atoms. The van der Waals surface area contributed by atoms with Gasteiger partial charge in [0.1, 0.15) is 12.6 Å². The summed E-state index contributed by atoms with van der Waals surface area (Å²) < 4.78 is 56.1. The summed E-state index contributed by atoms with van der Waals surface area (Å²) in [6.45, 7) is 4.34. The van der Waals surface area contributed by atoms with Crippen LogP contribution in [0.3, 0.4) is 0 Å². The number of benzene rings is 1. The highest BCUT2D eigenvalue weighted by Crippen LogP contribution is 2.65. The number of fused-ring (bicyclic) bond motifs is 5. The summed E-state index contributed by atoms with van der Waals surface area (Å²) in [5.74, 6) is -0.0642. The molecule has 7 atom stereocenters. The van der Waals surface area contributed by atoms with Gasteiger partial charge >= 0.3 is 12.1 Å². The van der Waals surface area contributed by atoms with Crippen molar-refractivity contribution in [1.82, 2.24) is 0 Å². The second kappa shape index (κ2) is 7.40. The third kappa shape index (κ3) is 3.34. The van der Waals surface area contributed by atoms with Crippen LogP contribution < -0.4 is 0 Å². The Morgan fingerprint density at radius 2 is 1.76 bits per heavy atom. The minimum absolute atomic E-state index is 0.0621. The summed E-state index contributed by atoms with van der Waals surface area (Å²) in [7, 11) is 1.66. The molecule has 0 aromatic heterocycles. The van der Waals surface area contributed by atoms with Crippen LogP contribution in [0, 0.1) is 28.6 Å². The van der Waals surface area contributed by atoms with Crippen LogP contribution in [0.2, 0.25) is 0 Å². The fourth-order valence-electron chi connectivity index (χ4n) is 8.66. The Bertz CT molecular complexity index is 1000. The maximum atomic E-state index is 15.3. The van der Waals surface area contributed by atoms with Gasteiger partial charge in [-0.3, -0.25) is 0 Å². The number of rotatable bonds is 2. The van der Waals surface area contributed by atoms with Crippen LogP contribution in [0.4, 0.5) is 17.6 Å². The number of nitrogens with zero attached hydrogens (tertiary/aromatic N) is 1. The molecule has 0 saturated heterocycles. The van der Waals surface area contributed by atoms with Crippen molar-refractivity contribution in [3.63, 3.8) is 0 Å². The summed E-state index contributed by atoms with van der Waals surface area (Å²) in [6.07, 6.45) is 4.60. The first kappa shape index (κ1) is 23.1. The van der Waals surface area contributed by atoms with Crippen LogP contribution >= 0.6 is 0 Å². The second-order valence-electron chi connectivity index (χ2n) is 11.8. The van der Waals surface area contributed by atoms with Gasteiger partial charge in [-0.1, -0.05) is 31.5 Å². The number of hydrogen-bond donors (Lipinski definition) is 0. The lowest BCUT2D eigenvalue weighted by molar-refractivity contribution is -0.883. The van der Waals surface area contributed by atoms with Gasteiger partial charge in [0.05, 0.1) is 12.6 Å². The molecule has 0 spiro atoms. The molecule has 1 aromatic carbocycles. The van der Waals surface area contributed by atoms with Gasteiger partial charge in [0.25, 0.3) is 0 Å². The summed E-state index contributed by atoms with van der Waals surface area (Å²) in [6, 6.07) is 5.19. The summed E-state index contributed by atoms with van der Waals surface area (Å²) in [4.78, 5) is 13.3. The molecule has 5 rings (SSSR count). The zero-order chi connectivity index (χ0) is 23.8. The zero-order valence-electron chi connectivity index (χ0n) is 19.7. The summed E-state index contributed by atoms with van der Waals surface area (Å²) in [5.41, 5.74) is -0.845. The molecule has 4 aliphatic rings. The average Bonchev–Trinajstić information content (AvgIpc) is 3.14. The van der Waals surface area contributed by atoms with E-state index in [0.29, 0.717) is 17.3 Å². The Kier molecular flexibility index (Phi) is 5.17. The number of likely N-dealkylation sites (N-methyl/N-ethyl adjacent to an activating group) is 1. The van der Waals surface area contributed by atoms with E-state index in [0.717, 1.165) is 31.7 Å². The highest BCUT2D eigenvalue weighted by molar-refractivity contribution is 5.86. The predicted octanol–water partition coefficient (Wildman–Crippen LogP) is 7.05. The highest BCUT2D eigenvalue weighted by Gasteiger charge is 2.64. The van der Waals surface area contributed by atoms with Crippen molar-refractivity contribution < 1.29 is 26.8 Å². The highest BCUT2D eigenvalue weighted by atomic mass is 19.4. The smallest absolute Gasteiger partial charge is 0.250 e. The van der Waals surface area contributed by atoms with Gasteiger partial charge in [-0.25, -0.2) is 9.28 Å². The zero-order valence-corrected chi connectivity index (χ0v) is 19.7. The number of carbonyl (C=O) groups is 1. The van der Waals surface area contributed by atoms with Crippen molar-refractivity contribution in [3.8, 4) is 0 Å². The van der Waals surface area contributed by atoms with E-state index in [1.54, 1.807) is 19.2 Å². The third-order valence-electron chi connectivity index (χ3n) is 10.1. The lowest BCUT2D eigenvalue weighted by atomic mass is 9.48. The third-order valence-corrected chi connectivity index (χ3v) is 10.1. The molecule has 3 aliphatic carbocycles. The van der Waals surface area contributed by atoms with E-state index in [-0.39, 0.29) is 28.6 Å². The normalized spacial score (nSPS) is 42.9. The maximum absolute atomic E-state index is 15.3.